The van der Waals surface area contributed by atoms with Gasteiger partial charge in [-0.25, -0.2) is 4.98 Å². The Morgan fingerprint density at radius 2 is 1.88 bits per heavy atom. The van der Waals surface area contributed by atoms with Crippen molar-refractivity contribution in [3.63, 3.8) is 0 Å². The number of hydrogen-bond donors (Lipinski definition) is 1. The number of rotatable bonds is 5. The van der Waals surface area contributed by atoms with E-state index in [0.717, 1.165) is 48.7 Å². The van der Waals surface area contributed by atoms with Gasteiger partial charge in [0.15, 0.2) is 0 Å². The molecule has 5 heteroatoms. The van der Waals surface area contributed by atoms with E-state index in [1.807, 2.05) is 6.07 Å². The van der Waals surface area contributed by atoms with Gasteiger partial charge in [-0.2, -0.15) is 4.98 Å². The Hall–Kier alpha value is -2.14. The lowest BCUT2D eigenvalue weighted by Crippen LogP contribution is -2.30. The molecule has 0 atom stereocenters. The van der Waals surface area contributed by atoms with Gasteiger partial charge in [0.1, 0.15) is 5.82 Å². The van der Waals surface area contributed by atoms with Crippen molar-refractivity contribution in [3.8, 4) is 0 Å². The van der Waals surface area contributed by atoms with Gasteiger partial charge in [0, 0.05) is 29.9 Å². The number of nitrogens with zero attached hydrogens (tertiary/aromatic N) is 3. The van der Waals surface area contributed by atoms with Crippen molar-refractivity contribution in [2.75, 3.05) is 29.9 Å². The molecule has 1 aromatic carbocycles. The summed E-state index contributed by atoms with van der Waals surface area (Å²) in [6.07, 6.45) is 4.83. The van der Waals surface area contributed by atoms with E-state index in [-0.39, 0.29) is 0 Å². The topological polar surface area (TPSA) is 41.1 Å². The van der Waals surface area contributed by atoms with Crippen molar-refractivity contribution in [1.29, 1.82) is 0 Å². The first-order chi connectivity index (χ1) is 11.9. The maximum Gasteiger partial charge on any atom is 0.225 e. The van der Waals surface area contributed by atoms with Crippen molar-refractivity contribution in [1.82, 2.24) is 9.97 Å². The molecular weight excluding hydrogens is 316 g/mol. The van der Waals surface area contributed by atoms with Crippen LogP contribution in [0.5, 0.6) is 0 Å². The molecule has 1 saturated heterocycles. The molecule has 3 heterocycles. The van der Waals surface area contributed by atoms with Gasteiger partial charge in [0.2, 0.25) is 5.95 Å². The van der Waals surface area contributed by atoms with E-state index in [4.69, 9.17) is 9.97 Å². The van der Waals surface area contributed by atoms with E-state index in [1.54, 1.807) is 11.3 Å². The van der Waals surface area contributed by atoms with Crippen LogP contribution in [0.25, 0.3) is 10.9 Å². The van der Waals surface area contributed by atoms with Crippen LogP contribution in [0.4, 0.5) is 11.8 Å². The fourth-order valence-corrected chi connectivity index (χ4v) is 3.95. The second-order valence-electron chi connectivity index (χ2n) is 6.19. The fraction of sp³-hybridized carbons (Fsp3) is 0.368. The molecular formula is C19H22N4S. The number of anilines is 2. The summed E-state index contributed by atoms with van der Waals surface area (Å²) in [5, 5.41) is 6.69. The van der Waals surface area contributed by atoms with Gasteiger partial charge >= 0.3 is 0 Å². The highest BCUT2D eigenvalue weighted by Gasteiger charge is 2.16. The monoisotopic (exact) mass is 338 g/mol. The zero-order valence-corrected chi connectivity index (χ0v) is 14.6. The lowest BCUT2D eigenvalue weighted by Gasteiger charge is -2.28. The van der Waals surface area contributed by atoms with E-state index >= 15 is 0 Å². The van der Waals surface area contributed by atoms with Crippen molar-refractivity contribution in [3.05, 3.63) is 46.7 Å². The van der Waals surface area contributed by atoms with E-state index < -0.39 is 0 Å². The molecule has 0 amide bonds. The molecule has 0 radical (unpaired) electrons. The van der Waals surface area contributed by atoms with Crippen LogP contribution in [0.15, 0.2) is 41.8 Å². The Labute approximate surface area is 146 Å². The van der Waals surface area contributed by atoms with Gasteiger partial charge in [-0.15, -0.1) is 11.3 Å². The highest BCUT2D eigenvalue weighted by atomic mass is 32.1. The Balaban J connectivity index is 1.58. The minimum Gasteiger partial charge on any atom is -0.356 e. The van der Waals surface area contributed by atoms with E-state index in [2.05, 4.69) is 45.9 Å². The predicted molar refractivity (Wildman–Crippen MR) is 102 cm³/mol. The van der Waals surface area contributed by atoms with Crippen molar-refractivity contribution in [2.24, 2.45) is 0 Å². The standard InChI is InChI=1S/C19H22N4S/c1-4-12-23(13-5-1)18-16-8-2-3-9-17(16)21-19(22-18)20-11-10-15-7-6-14-24-15/h2-3,6-9,14H,1,4-5,10-13H2,(H,20,21,22). The summed E-state index contributed by atoms with van der Waals surface area (Å²) in [7, 11) is 0. The number of hydrogen-bond acceptors (Lipinski definition) is 5. The van der Waals surface area contributed by atoms with E-state index in [9.17, 15) is 0 Å². The summed E-state index contributed by atoms with van der Waals surface area (Å²) >= 11 is 1.80. The van der Waals surface area contributed by atoms with Crippen LogP contribution in [-0.4, -0.2) is 29.6 Å². The first-order valence-corrected chi connectivity index (χ1v) is 9.56. The summed E-state index contributed by atoms with van der Waals surface area (Å²) in [6, 6.07) is 12.6. The molecule has 4 rings (SSSR count). The van der Waals surface area contributed by atoms with Gasteiger partial charge in [0.05, 0.1) is 5.52 Å². The van der Waals surface area contributed by atoms with Crippen LogP contribution in [0, 0.1) is 0 Å². The largest absolute Gasteiger partial charge is 0.356 e. The van der Waals surface area contributed by atoms with Crippen molar-refractivity contribution in [2.45, 2.75) is 25.7 Å². The third kappa shape index (κ3) is 3.36. The van der Waals surface area contributed by atoms with E-state index in [1.165, 1.54) is 24.1 Å². The summed E-state index contributed by atoms with van der Waals surface area (Å²) in [5.41, 5.74) is 1.02. The zero-order valence-electron chi connectivity index (χ0n) is 13.7. The fourth-order valence-electron chi connectivity index (χ4n) is 3.24. The van der Waals surface area contributed by atoms with Gasteiger partial charge in [0.25, 0.3) is 0 Å². The number of aromatic nitrogens is 2. The van der Waals surface area contributed by atoms with Crippen LogP contribution < -0.4 is 10.2 Å². The quantitative estimate of drug-likeness (QED) is 0.751. The predicted octanol–water partition coefficient (Wildman–Crippen LogP) is 4.34. The maximum atomic E-state index is 4.85. The molecule has 1 aliphatic heterocycles. The number of fused-ring (bicyclic) bond motifs is 1. The first kappa shape index (κ1) is 15.4. The van der Waals surface area contributed by atoms with Crippen LogP contribution in [0.1, 0.15) is 24.1 Å². The number of para-hydroxylation sites is 1. The lowest BCUT2D eigenvalue weighted by molar-refractivity contribution is 0.575. The van der Waals surface area contributed by atoms with Crippen LogP contribution in [-0.2, 0) is 6.42 Å². The summed E-state index contributed by atoms with van der Waals surface area (Å²) in [5.74, 6) is 1.82. The molecule has 0 spiro atoms. The van der Waals surface area contributed by atoms with Gasteiger partial charge in [-0.3, -0.25) is 0 Å². The second kappa shape index (κ2) is 7.18. The minimum atomic E-state index is 0.742. The molecule has 1 N–H and O–H groups in total. The molecule has 0 unspecified atom stereocenters. The Morgan fingerprint density at radius 1 is 1.00 bits per heavy atom. The van der Waals surface area contributed by atoms with Gasteiger partial charge in [-0.05, 0) is 49.3 Å². The smallest absolute Gasteiger partial charge is 0.225 e. The highest BCUT2D eigenvalue weighted by Crippen LogP contribution is 2.27. The number of nitrogens with one attached hydrogen (secondary N) is 1. The number of thiophene rings is 1. The summed E-state index contributed by atoms with van der Waals surface area (Å²) in [4.78, 5) is 13.4. The molecule has 0 aliphatic carbocycles. The normalized spacial score (nSPS) is 14.9. The summed E-state index contributed by atoms with van der Waals surface area (Å²) < 4.78 is 0. The second-order valence-corrected chi connectivity index (χ2v) is 7.22. The molecule has 0 bridgehead atoms. The third-order valence-corrected chi connectivity index (χ3v) is 5.41. The molecule has 0 saturated carbocycles. The molecule has 4 nitrogen and oxygen atoms in total. The minimum absolute atomic E-state index is 0.742. The molecule has 124 valence electrons. The molecule has 1 fully saturated rings. The van der Waals surface area contributed by atoms with Crippen LogP contribution in [0.2, 0.25) is 0 Å². The molecule has 24 heavy (non-hydrogen) atoms. The van der Waals surface area contributed by atoms with Gasteiger partial charge < -0.3 is 10.2 Å². The molecule has 3 aromatic rings. The Morgan fingerprint density at radius 3 is 2.71 bits per heavy atom. The third-order valence-electron chi connectivity index (χ3n) is 4.47. The van der Waals surface area contributed by atoms with Crippen molar-refractivity contribution >= 4 is 34.0 Å². The van der Waals surface area contributed by atoms with Crippen LogP contribution in [0.3, 0.4) is 0 Å². The van der Waals surface area contributed by atoms with Crippen molar-refractivity contribution < 1.29 is 0 Å². The first-order valence-electron chi connectivity index (χ1n) is 8.68. The number of piperidine rings is 1. The molecule has 1 aliphatic rings. The number of benzene rings is 1. The average Bonchev–Trinajstić information content (AvgIpc) is 3.15. The maximum absolute atomic E-state index is 4.85. The Kier molecular flexibility index (Phi) is 4.60. The average molecular weight is 338 g/mol. The summed E-state index contributed by atoms with van der Waals surface area (Å²) in [6.45, 7) is 3.05. The lowest BCUT2D eigenvalue weighted by atomic mass is 10.1. The van der Waals surface area contributed by atoms with Crippen LogP contribution >= 0.6 is 11.3 Å². The zero-order chi connectivity index (χ0) is 16.2. The van der Waals surface area contributed by atoms with E-state index in [0.29, 0.717) is 0 Å². The SMILES string of the molecule is c1csc(CCNc2nc(N3CCCCC3)c3ccccc3n2)c1. The molecule has 2 aromatic heterocycles. The van der Waals surface area contributed by atoms with Gasteiger partial charge in [-0.1, -0.05) is 18.2 Å². The Bertz CT molecular complexity index is 794. The highest BCUT2D eigenvalue weighted by molar-refractivity contribution is 7.09.